The Balaban J connectivity index is 1.81. The Morgan fingerprint density at radius 3 is 2.31 bits per heavy atom. The Morgan fingerprint density at radius 1 is 0.897 bits per heavy atom. The first kappa shape index (κ1) is 20.3. The topological polar surface area (TPSA) is 75.6 Å². The van der Waals surface area contributed by atoms with E-state index >= 15 is 0 Å². The Bertz CT molecular complexity index is 964. The number of carbonyl (C=O) groups is 1. The summed E-state index contributed by atoms with van der Waals surface area (Å²) < 4.78 is 26.5. The number of methoxy groups -OCH3 is 4. The molecule has 0 fully saturated rings. The molecule has 0 saturated carbocycles. The van der Waals surface area contributed by atoms with Gasteiger partial charge in [-0.15, -0.1) is 0 Å². The fourth-order valence-corrected chi connectivity index (χ4v) is 2.95. The van der Waals surface area contributed by atoms with E-state index in [1.54, 1.807) is 46.6 Å². The number of rotatable bonds is 8. The lowest BCUT2D eigenvalue weighted by molar-refractivity contribution is -0.130. The SMILES string of the molecule is COc1cccc(CCC2=N/C(=C\c3cc(OC)c(OC)cc3OC)C(=O)O2)c1. The molecule has 0 saturated heterocycles. The molecule has 0 spiro atoms. The van der Waals surface area contributed by atoms with Crippen LogP contribution >= 0.6 is 0 Å². The largest absolute Gasteiger partial charge is 0.497 e. The summed E-state index contributed by atoms with van der Waals surface area (Å²) >= 11 is 0. The number of nitrogens with zero attached hydrogens (tertiary/aromatic N) is 1. The molecular weight excluding hydrogens is 374 g/mol. The van der Waals surface area contributed by atoms with Gasteiger partial charge in [-0.05, 0) is 36.3 Å². The first-order valence-corrected chi connectivity index (χ1v) is 9.02. The van der Waals surface area contributed by atoms with Crippen molar-refractivity contribution in [3.63, 3.8) is 0 Å². The van der Waals surface area contributed by atoms with Crippen LogP contribution in [0.4, 0.5) is 0 Å². The van der Waals surface area contributed by atoms with Crippen LogP contribution in [0, 0.1) is 0 Å². The van der Waals surface area contributed by atoms with Crippen LogP contribution < -0.4 is 18.9 Å². The number of cyclic esters (lactones) is 1. The molecule has 3 rings (SSSR count). The molecule has 1 aliphatic heterocycles. The van der Waals surface area contributed by atoms with Crippen molar-refractivity contribution >= 4 is 17.9 Å². The van der Waals surface area contributed by atoms with E-state index in [2.05, 4.69) is 4.99 Å². The Morgan fingerprint density at radius 2 is 1.62 bits per heavy atom. The van der Waals surface area contributed by atoms with E-state index in [4.69, 9.17) is 23.7 Å². The van der Waals surface area contributed by atoms with E-state index in [0.29, 0.717) is 41.6 Å². The second-order valence-corrected chi connectivity index (χ2v) is 6.23. The predicted octanol–water partition coefficient (Wildman–Crippen LogP) is 3.65. The molecule has 2 aromatic rings. The third-order valence-electron chi connectivity index (χ3n) is 4.45. The molecule has 0 aliphatic carbocycles. The smallest absolute Gasteiger partial charge is 0.363 e. The lowest BCUT2D eigenvalue weighted by Gasteiger charge is -2.12. The molecule has 0 amide bonds. The van der Waals surface area contributed by atoms with Gasteiger partial charge in [-0.1, -0.05) is 12.1 Å². The minimum absolute atomic E-state index is 0.205. The molecule has 0 radical (unpaired) electrons. The quantitative estimate of drug-likeness (QED) is 0.500. The second-order valence-electron chi connectivity index (χ2n) is 6.23. The van der Waals surface area contributed by atoms with Crippen LogP contribution in [0.3, 0.4) is 0 Å². The summed E-state index contributed by atoms with van der Waals surface area (Å²) in [5.74, 6) is 2.25. The van der Waals surface area contributed by atoms with Crippen LogP contribution in [0.15, 0.2) is 47.1 Å². The number of aliphatic imine (C=N–C) groups is 1. The maximum absolute atomic E-state index is 12.3. The molecule has 0 aromatic heterocycles. The van der Waals surface area contributed by atoms with Crippen molar-refractivity contribution in [2.45, 2.75) is 12.8 Å². The van der Waals surface area contributed by atoms with Gasteiger partial charge in [-0.2, -0.15) is 0 Å². The number of aryl methyl sites for hydroxylation is 1. The molecule has 0 bridgehead atoms. The van der Waals surface area contributed by atoms with Gasteiger partial charge in [0.1, 0.15) is 11.5 Å². The molecular formula is C22H23NO6. The van der Waals surface area contributed by atoms with Crippen molar-refractivity contribution in [1.82, 2.24) is 0 Å². The van der Waals surface area contributed by atoms with Crippen LogP contribution in [0.1, 0.15) is 17.5 Å². The Labute approximate surface area is 169 Å². The van der Waals surface area contributed by atoms with Gasteiger partial charge in [0.25, 0.3) is 0 Å². The average molecular weight is 397 g/mol. The molecule has 7 nitrogen and oxygen atoms in total. The van der Waals surface area contributed by atoms with E-state index in [1.165, 1.54) is 0 Å². The summed E-state index contributed by atoms with van der Waals surface area (Å²) in [5, 5.41) is 0. The number of esters is 1. The molecule has 2 aromatic carbocycles. The molecule has 1 aliphatic rings. The predicted molar refractivity (Wildman–Crippen MR) is 109 cm³/mol. The first-order chi connectivity index (χ1) is 14.1. The summed E-state index contributed by atoms with van der Waals surface area (Å²) in [6, 6.07) is 11.2. The fourth-order valence-electron chi connectivity index (χ4n) is 2.95. The van der Waals surface area contributed by atoms with E-state index in [9.17, 15) is 4.79 Å². The number of benzene rings is 2. The highest BCUT2D eigenvalue weighted by Gasteiger charge is 2.23. The van der Waals surface area contributed by atoms with Crippen LogP contribution in [0.5, 0.6) is 23.0 Å². The summed E-state index contributed by atoms with van der Waals surface area (Å²) in [7, 11) is 6.25. The third kappa shape index (κ3) is 4.68. The summed E-state index contributed by atoms with van der Waals surface area (Å²) in [6.45, 7) is 0. The highest BCUT2D eigenvalue weighted by atomic mass is 16.6. The number of ether oxygens (including phenoxy) is 5. The maximum atomic E-state index is 12.3. The van der Waals surface area contributed by atoms with Gasteiger partial charge in [-0.25, -0.2) is 9.79 Å². The zero-order valence-electron chi connectivity index (χ0n) is 16.9. The number of hydrogen-bond donors (Lipinski definition) is 0. The van der Waals surface area contributed by atoms with E-state index in [0.717, 1.165) is 11.3 Å². The van der Waals surface area contributed by atoms with Gasteiger partial charge in [0.2, 0.25) is 0 Å². The van der Waals surface area contributed by atoms with Crippen molar-refractivity contribution in [2.24, 2.45) is 4.99 Å². The van der Waals surface area contributed by atoms with Crippen molar-refractivity contribution in [3.8, 4) is 23.0 Å². The Hall–Kier alpha value is -3.48. The second kappa shape index (κ2) is 9.14. The number of hydrogen-bond acceptors (Lipinski definition) is 7. The molecule has 0 atom stereocenters. The molecule has 1 heterocycles. The van der Waals surface area contributed by atoms with Crippen molar-refractivity contribution < 1.29 is 28.5 Å². The minimum atomic E-state index is -0.498. The highest BCUT2D eigenvalue weighted by Crippen LogP contribution is 2.36. The first-order valence-electron chi connectivity index (χ1n) is 9.02. The molecule has 152 valence electrons. The zero-order chi connectivity index (χ0) is 20.8. The summed E-state index contributed by atoms with van der Waals surface area (Å²) in [5.41, 5.74) is 1.91. The van der Waals surface area contributed by atoms with Crippen LogP contribution in [0.2, 0.25) is 0 Å². The summed E-state index contributed by atoms with van der Waals surface area (Å²) in [6.07, 6.45) is 2.79. The number of carbonyl (C=O) groups excluding carboxylic acids is 1. The highest BCUT2D eigenvalue weighted by molar-refractivity contribution is 6.07. The van der Waals surface area contributed by atoms with E-state index in [1.807, 2.05) is 24.3 Å². The lowest BCUT2D eigenvalue weighted by Crippen LogP contribution is -2.05. The van der Waals surface area contributed by atoms with Crippen molar-refractivity contribution in [1.29, 1.82) is 0 Å². The zero-order valence-corrected chi connectivity index (χ0v) is 16.9. The van der Waals surface area contributed by atoms with Gasteiger partial charge < -0.3 is 23.7 Å². The lowest BCUT2D eigenvalue weighted by atomic mass is 10.1. The van der Waals surface area contributed by atoms with Crippen LogP contribution in [-0.4, -0.2) is 40.3 Å². The fraction of sp³-hybridized carbons (Fsp3) is 0.273. The average Bonchev–Trinajstić information content (AvgIpc) is 3.11. The molecule has 29 heavy (non-hydrogen) atoms. The maximum Gasteiger partial charge on any atom is 0.363 e. The Kier molecular flexibility index (Phi) is 6.39. The van der Waals surface area contributed by atoms with Gasteiger partial charge in [-0.3, -0.25) is 0 Å². The van der Waals surface area contributed by atoms with E-state index < -0.39 is 5.97 Å². The van der Waals surface area contributed by atoms with Gasteiger partial charge in [0.05, 0.1) is 28.4 Å². The third-order valence-corrected chi connectivity index (χ3v) is 4.45. The molecule has 0 N–H and O–H groups in total. The standard InChI is InChI=1S/C22H23NO6/c1-25-16-7-5-6-14(10-16)8-9-21-23-17(22(24)29-21)11-15-12-19(27-3)20(28-4)13-18(15)26-2/h5-7,10-13H,8-9H2,1-4H3/b17-11-. The van der Waals surface area contributed by atoms with E-state index in [-0.39, 0.29) is 5.70 Å². The van der Waals surface area contributed by atoms with Crippen molar-refractivity contribution in [3.05, 3.63) is 53.2 Å². The van der Waals surface area contributed by atoms with Crippen molar-refractivity contribution in [2.75, 3.05) is 28.4 Å². The van der Waals surface area contributed by atoms with Crippen LogP contribution in [0.25, 0.3) is 6.08 Å². The van der Waals surface area contributed by atoms with Crippen LogP contribution in [-0.2, 0) is 16.0 Å². The molecule has 7 heteroatoms. The monoisotopic (exact) mass is 397 g/mol. The van der Waals surface area contributed by atoms with Gasteiger partial charge >= 0.3 is 5.97 Å². The summed E-state index contributed by atoms with van der Waals surface area (Å²) in [4.78, 5) is 16.6. The van der Waals surface area contributed by atoms with Gasteiger partial charge in [0, 0.05) is 18.1 Å². The minimum Gasteiger partial charge on any atom is -0.497 e. The normalized spacial score (nSPS) is 14.4. The van der Waals surface area contributed by atoms with Gasteiger partial charge in [0.15, 0.2) is 23.1 Å². The molecule has 0 unspecified atom stereocenters.